The number of nitrogens with one attached hydrogen (secondary N) is 2. The Morgan fingerprint density at radius 3 is 2.84 bits per heavy atom. The van der Waals surface area contributed by atoms with Crippen LogP contribution >= 0.6 is 23.5 Å². The van der Waals surface area contributed by atoms with Gasteiger partial charge in [0, 0.05) is 6.04 Å². The van der Waals surface area contributed by atoms with Gasteiger partial charge in [-0.3, -0.25) is 10.1 Å². The van der Waals surface area contributed by atoms with Crippen LogP contribution in [0.15, 0.2) is 9.64 Å². The number of imide groups is 1. The normalized spacial score (nSPS) is 25.8. The Labute approximate surface area is 155 Å². The maximum atomic E-state index is 12.0. The Morgan fingerprint density at radius 1 is 1.32 bits per heavy atom. The number of amides is 3. The molecule has 0 aromatic carbocycles. The average molecular weight is 385 g/mol. The summed E-state index contributed by atoms with van der Waals surface area (Å²) in [4.78, 5) is 23.9. The van der Waals surface area contributed by atoms with Gasteiger partial charge in [0.05, 0.1) is 11.5 Å². The lowest BCUT2D eigenvalue weighted by atomic mass is 9.84. The molecule has 3 amide bonds. The SMILES string of the molecule is CSCc1nnc(SCC(=O)NC(=O)N[C@H](C)[C@@H]2C[C@H]3CC[C@H]2C3)o1. The van der Waals surface area contributed by atoms with Crippen LogP contribution in [0, 0.1) is 17.8 Å². The number of nitrogens with zero attached hydrogens (tertiary/aromatic N) is 2. The van der Waals surface area contributed by atoms with Crippen molar-refractivity contribution < 1.29 is 14.0 Å². The molecule has 1 aromatic rings. The maximum Gasteiger partial charge on any atom is 0.321 e. The van der Waals surface area contributed by atoms with Gasteiger partial charge in [-0.1, -0.05) is 18.2 Å². The minimum Gasteiger partial charge on any atom is -0.415 e. The molecule has 0 spiro atoms. The molecule has 4 atom stereocenters. The second-order valence-corrected chi connectivity index (χ2v) is 8.63. The average Bonchev–Trinajstić information content (AvgIpc) is 3.29. The van der Waals surface area contributed by atoms with E-state index in [1.165, 1.54) is 25.7 Å². The highest BCUT2D eigenvalue weighted by molar-refractivity contribution is 7.99. The second kappa shape index (κ2) is 8.44. The van der Waals surface area contributed by atoms with E-state index in [1.54, 1.807) is 11.8 Å². The van der Waals surface area contributed by atoms with Crippen molar-refractivity contribution in [2.45, 2.75) is 49.6 Å². The van der Waals surface area contributed by atoms with Crippen LogP contribution in [0.25, 0.3) is 0 Å². The molecule has 2 aliphatic carbocycles. The van der Waals surface area contributed by atoms with Crippen LogP contribution < -0.4 is 10.6 Å². The molecule has 2 bridgehead atoms. The van der Waals surface area contributed by atoms with E-state index in [4.69, 9.17) is 4.42 Å². The molecule has 25 heavy (non-hydrogen) atoms. The Balaban J connectivity index is 1.37. The molecule has 7 nitrogen and oxygen atoms in total. The van der Waals surface area contributed by atoms with E-state index >= 15 is 0 Å². The van der Waals surface area contributed by atoms with Gasteiger partial charge in [0.15, 0.2) is 0 Å². The molecule has 2 N–H and O–H groups in total. The minimum absolute atomic E-state index is 0.0663. The first-order valence-electron chi connectivity index (χ1n) is 8.59. The Morgan fingerprint density at radius 2 is 2.16 bits per heavy atom. The summed E-state index contributed by atoms with van der Waals surface area (Å²) < 4.78 is 5.38. The zero-order valence-electron chi connectivity index (χ0n) is 14.5. The number of hydrogen-bond acceptors (Lipinski definition) is 7. The molecule has 0 saturated heterocycles. The van der Waals surface area contributed by atoms with Crippen LogP contribution in [0.1, 0.15) is 38.5 Å². The molecule has 0 unspecified atom stereocenters. The van der Waals surface area contributed by atoms with E-state index in [0.29, 0.717) is 22.8 Å². The van der Waals surface area contributed by atoms with Crippen molar-refractivity contribution in [3.8, 4) is 0 Å². The zero-order chi connectivity index (χ0) is 17.8. The number of hydrogen-bond donors (Lipinski definition) is 2. The van der Waals surface area contributed by atoms with Gasteiger partial charge >= 0.3 is 6.03 Å². The van der Waals surface area contributed by atoms with Crippen molar-refractivity contribution in [2.24, 2.45) is 17.8 Å². The third-order valence-corrected chi connectivity index (χ3v) is 6.44. The fourth-order valence-electron chi connectivity index (χ4n) is 4.02. The number of thioether (sulfide) groups is 2. The first kappa shape index (κ1) is 18.6. The number of aromatic nitrogens is 2. The van der Waals surface area contributed by atoms with Crippen LogP contribution in [0.4, 0.5) is 4.79 Å². The minimum atomic E-state index is -0.422. The monoisotopic (exact) mass is 384 g/mol. The highest BCUT2D eigenvalue weighted by Gasteiger charge is 2.42. The molecule has 1 aromatic heterocycles. The lowest BCUT2D eigenvalue weighted by Gasteiger charge is -2.28. The summed E-state index contributed by atoms with van der Waals surface area (Å²) in [5, 5.41) is 13.4. The Bertz CT molecular complexity index is 624. The third-order valence-electron chi connectivity index (χ3n) is 5.09. The molecule has 138 valence electrons. The van der Waals surface area contributed by atoms with Gasteiger partial charge in [-0.05, 0) is 50.2 Å². The van der Waals surface area contributed by atoms with Crippen LogP contribution in [-0.4, -0.2) is 40.2 Å². The van der Waals surface area contributed by atoms with Gasteiger partial charge < -0.3 is 9.73 Å². The van der Waals surface area contributed by atoms with Crippen molar-refractivity contribution >= 4 is 35.5 Å². The van der Waals surface area contributed by atoms with Crippen LogP contribution in [0.3, 0.4) is 0 Å². The highest BCUT2D eigenvalue weighted by Crippen LogP contribution is 2.49. The lowest BCUT2D eigenvalue weighted by molar-refractivity contribution is -0.117. The van der Waals surface area contributed by atoms with Gasteiger partial charge in [-0.15, -0.1) is 10.2 Å². The fourth-order valence-corrected chi connectivity index (χ4v) is 4.97. The van der Waals surface area contributed by atoms with Crippen molar-refractivity contribution in [2.75, 3.05) is 12.0 Å². The summed E-state index contributed by atoms with van der Waals surface area (Å²) >= 11 is 2.71. The molecule has 2 saturated carbocycles. The van der Waals surface area contributed by atoms with Crippen molar-refractivity contribution in [1.29, 1.82) is 0 Å². The largest absolute Gasteiger partial charge is 0.415 e. The Hall–Kier alpha value is -1.22. The van der Waals surface area contributed by atoms with E-state index in [-0.39, 0.29) is 17.7 Å². The van der Waals surface area contributed by atoms with Gasteiger partial charge in [0.25, 0.3) is 5.22 Å². The predicted octanol–water partition coefficient (Wildman–Crippen LogP) is 2.68. The first-order valence-corrected chi connectivity index (χ1v) is 11.0. The van der Waals surface area contributed by atoms with Gasteiger partial charge in [0.1, 0.15) is 0 Å². The standard InChI is InChI=1S/C16H24N4O3S2/c1-9(12-6-10-3-4-11(12)5-10)17-15(22)18-13(21)7-25-16-20-19-14(23-16)8-24-2/h9-12H,3-8H2,1-2H3,(H2,17,18,21,22)/t9-,10+,11+,12+/m1/s1. The van der Waals surface area contributed by atoms with Crippen LogP contribution in [0.2, 0.25) is 0 Å². The quantitative estimate of drug-likeness (QED) is 0.698. The van der Waals surface area contributed by atoms with E-state index in [2.05, 4.69) is 20.8 Å². The molecular weight excluding hydrogens is 360 g/mol. The van der Waals surface area contributed by atoms with Gasteiger partial charge in [-0.2, -0.15) is 11.8 Å². The molecule has 9 heteroatoms. The molecule has 2 fully saturated rings. The topological polar surface area (TPSA) is 97.1 Å². The van der Waals surface area contributed by atoms with Crippen molar-refractivity contribution in [3.05, 3.63) is 5.89 Å². The molecule has 1 heterocycles. The smallest absolute Gasteiger partial charge is 0.321 e. The van der Waals surface area contributed by atoms with Gasteiger partial charge in [0.2, 0.25) is 11.8 Å². The summed E-state index contributed by atoms with van der Waals surface area (Å²) in [5.74, 6) is 2.99. The Kier molecular flexibility index (Phi) is 6.27. The number of fused-ring (bicyclic) bond motifs is 2. The highest BCUT2D eigenvalue weighted by atomic mass is 32.2. The predicted molar refractivity (Wildman–Crippen MR) is 97.3 cm³/mol. The molecular formula is C16H24N4O3S2. The maximum absolute atomic E-state index is 12.0. The summed E-state index contributed by atoms with van der Waals surface area (Å²) in [6.07, 6.45) is 7.06. The van der Waals surface area contributed by atoms with Crippen LogP contribution in [-0.2, 0) is 10.5 Å². The molecule has 3 rings (SSSR count). The van der Waals surface area contributed by atoms with E-state index < -0.39 is 6.03 Å². The van der Waals surface area contributed by atoms with Crippen LogP contribution in [0.5, 0.6) is 0 Å². The summed E-state index contributed by atoms with van der Waals surface area (Å²) in [6, 6.07) is -0.324. The number of carbonyl (C=O) groups excluding carboxylic acids is 2. The van der Waals surface area contributed by atoms with Crippen molar-refractivity contribution in [1.82, 2.24) is 20.8 Å². The molecule has 0 radical (unpaired) electrons. The van der Waals surface area contributed by atoms with E-state index in [0.717, 1.165) is 23.6 Å². The van der Waals surface area contributed by atoms with E-state index in [1.807, 2.05) is 13.2 Å². The number of rotatable bonds is 7. The van der Waals surface area contributed by atoms with Gasteiger partial charge in [-0.25, -0.2) is 4.79 Å². The van der Waals surface area contributed by atoms with Crippen molar-refractivity contribution in [3.63, 3.8) is 0 Å². The first-order chi connectivity index (χ1) is 12.0. The van der Waals surface area contributed by atoms with E-state index in [9.17, 15) is 9.59 Å². The summed E-state index contributed by atoms with van der Waals surface area (Å²) in [6.45, 7) is 2.04. The number of urea groups is 1. The summed E-state index contributed by atoms with van der Waals surface area (Å²) in [5.41, 5.74) is 0. The molecule has 2 aliphatic rings. The fraction of sp³-hybridized carbons (Fsp3) is 0.750. The number of carbonyl (C=O) groups is 2. The second-order valence-electron chi connectivity index (χ2n) is 6.83. The zero-order valence-corrected chi connectivity index (χ0v) is 16.1. The molecule has 0 aliphatic heterocycles. The lowest BCUT2D eigenvalue weighted by Crippen LogP contribution is -2.47. The third kappa shape index (κ3) is 4.91. The summed E-state index contributed by atoms with van der Waals surface area (Å²) in [7, 11) is 0.